The molecule has 0 spiro atoms. The Hall–Kier alpha value is -0.690. The molecule has 0 amide bonds. The molecule has 0 bridgehead atoms. The highest BCUT2D eigenvalue weighted by molar-refractivity contribution is 5.69. The number of nitrogens with zero attached hydrogens (tertiary/aromatic N) is 1. The molecule has 0 aromatic carbocycles. The summed E-state index contributed by atoms with van der Waals surface area (Å²) in [6.45, 7) is 13.3. The Bertz CT molecular complexity index is 617. The fourth-order valence-electron chi connectivity index (χ4n) is 6.51. The van der Waals surface area contributed by atoms with Crippen LogP contribution in [-0.4, -0.2) is 63.2 Å². The minimum atomic E-state index is -0.0205. The van der Waals surface area contributed by atoms with Gasteiger partial charge in [0.2, 0.25) is 0 Å². The largest absolute Gasteiger partial charge is 0.466 e. The van der Waals surface area contributed by atoms with E-state index in [-0.39, 0.29) is 12.3 Å². The van der Waals surface area contributed by atoms with E-state index in [1.165, 1.54) is 161 Å². The SMILES string of the molecule is CCCCCCCCCOC(=O)CCCCCCCN(CCCN)CCCCCCC(OCCCCCCCC)OCCCCCCCC. The van der Waals surface area contributed by atoms with Crippen LogP contribution in [0.4, 0.5) is 0 Å². The molecule has 6 nitrogen and oxygen atoms in total. The second kappa shape index (κ2) is 41.7. The number of rotatable bonds is 42. The fourth-order valence-corrected chi connectivity index (χ4v) is 6.51. The van der Waals surface area contributed by atoms with Crippen LogP contribution in [0.2, 0.25) is 0 Å². The molecule has 0 aliphatic heterocycles. The van der Waals surface area contributed by atoms with Crippen LogP contribution in [0.1, 0.15) is 220 Å². The number of hydrogen-bond acceptors (Lipinski definition) is 6. The predicted octanol–water partition coefficient (Wildman–Crippen LogP) is 12.3. The molecule has 0 radical (unpaired) electrons. The fraction of sp³-hybridized carbons (Fsp3) is 0.977. The molecule has 0 aliphatic carbocycles. The zero-order valence-corrected chi connectivity index (χ0v) is 33.6. The van der Waals surface area contributed by atoms with Gasteiger partial charge in [-0.3, -0.25) is 4.79 Å². The summed E-state index contributed by atoms with van der Waals surface area (Å²) in [7, 11) is 0. The van der Waals surface area contributed by atoms with Crippen LogP contribution in [0.3, 0.4) is 0 Å². The quantitative estimate of drug-likeness (QED) is 0.0389. The molecule has 0 saturated heterocycles. The van der Waals surface area contributed by atoms with Crippen molar-refractivity contribution in [2.45, 2.75) is 226 Å². The van der Waals surface area contributed by atoms with E-state index in [0.29, 0.717) is 13.0 Å². The highest BCUT2D eigenvalue weighted by Crippen LogP contribution is 2.15. The molecular weight excluding hydrogens is 608 g/mol. The number of ether oxygens (including phenoxy) is 3. The number of carbonyl (C=O) groups is 1. The summed E-state index contributed by atoms with van der Waals surface area (Å²) < 4.78 is 17.9. The van der Waals surface area contributed by atoms with Crippen LogP contribution in [0, 0.1) is 0 Å². The van der Waals surface area contributed by atoms with Crippen LogP contribution in [0.5, 0.6) is 0 Å². The topological polar surface area (TPSA) is 74.0 Å². The number of esters is 1. The number of nitrogens with two attached hydrogens (primary N) is 1. The maximum atomic E-state index is 12.0. The van der Waals surface area contributed by atoms with Gasteiger partial charge in [0.25, 0.3) is 0 Å². The molecule has 0 saturated carbocycles. The summed E-state index contributed by atoms with van der Waals surface area (Å²) in [5.41, 5.74) is 5.85. The maximum absolute atomic E-state index is 12.0. The first-order chi connectivity index (χ1) is 24.2. The molecule has 0 aromatic rings. The van der Waals surface area contributed by atoms with E-state index in [1.807, 2.05) is 0 Å². The second-order valence-electron chi connectivity index (χ2n) is 14.8. The molecule has 0 fully saturated rings. The van der Waals surface area contributed by atoms with Gasteiger partial charge in [-0.1, -0.05) is 156 Å². The Balaban J connectivity index is 4.05. The summed E-state index contributed by atoms with van der Waals surface area (Å²) in [5, 5.41) is 0. The molecular formula is C43H88N2O4. The van der Waals surface area contributed by atoms with Gasteiger partial charge in [-0.25, -0.2) is 0 Å². The van der Waals surface area contributed by atoms with Crippen molar-refractivity contribution in [1.82, 2.24) is 4.90 Å². The Morgan fingerprint density at radius 3 is 1.35 bits per heavy atom. The first kappa shape index (κ1) is 48.3. The smallest absolute Gasteiger partial charge is 0.305 e. The number of carbonyl (C=O) groups excluding carboxylic acids is 1. The molecule has 0 aliphatic rings. The van der Waals surface area contributed by atoms with Crippen molar-refractivity contribution in [3.8, 4) is 0 Å². The van der Waals surface area contributed by atoms with E-state index in [1.54, 1.807) is 0 Å². The van der Waals surface area contributed by atoms with E-state index in [9.17, 15) is 4.79 Å². The Labute approximate surface area is 307 Å². The summed E-state index contributed by atoms with van der Waals surface area (Å²) in [6.07, 6.45) is 37.7. The summed E-state index contributed by atoms with van der Waals surface area (Å²) in [4.78, 5) is 14.7. The Kier molecular flexibility index (Phi) is 41.1. The van der Waals surface area contributed by atoms with Crippen LogP contribution >= 0.6 is 0 Å². The summed E-state index contributed by atoms with van der Waals surface area (Å²) in [6, 6.07) is 0. The summed E-state index contributed by atoms with van der Waals surface area (Å²) in [5.74, 6) is -0.00384. The normalized spacial score (nSPS) is 11.7. The van der Waals surface area contributed by atoms with Gasteiger partial charge in [0.15, 0.2) is 6.29 Å². The van der Waals surface area contributed by atoms with Gasteiger partial charge in [-0.2, -0.15) is 0 Å². The predicted molar refractivity (Wildman–Crippen MR) is 212 cm³/mol. The molecule has 0 aromatic heterocycles. The number of unbranched alkanes of at least 4 members (excludes halogenated alkanes) is 23. The highest BCUT2D eigenvalue weighted by Gasteiger charge is 2.10. The van der Waals surface area contributed by atoms with E-state index in [2.05, 4.69) is 25.7 Å². The lowest BCUT2D eigenvalue weighted by atomic mass is 10.1. The van der Waals surface area contributed by atoms with E-state index >= 15 is 0 Å². The molecule has 0 unspecified atom stereocenters. The first-order valence-electron chi connectivity index (χ1n) is 22.0. The maximum Gasteiger partial charge on any atom is 0.305 e. The minimum Gasteiger partial charge on any atom is -0.466 e. The third kappa shape index (κ3) is 38.4. The highest BCUT2D eigenvalue weighted by atomic mass is 16.7. The van der Waals surface area contributed by atoms with Crippen LogP contribution in [0.15, 0.2) is 0 Å². The lowest BCUT2D eigenvalue weighted by Crippen LogP contribution is -2.28. The van der Waals surface area contributed by atoms with Crippen molar-refractivity contribution in [1.29, 1.82) is 0 Å². The molecule has 0 atom stereocenters. The number of hydrogen-bond donors (Lipinski definition) is 1. The van der Waals surface area contributed by atoms with Crippen molar-refractivity contribution >= 4 is 5.97 Å². The lowest BCUT2D eigenvalue weighted by molar-refractivity contribution is -0.148. The van der Waals surface area contributed by atoms with Gasteiger partial charge in [-0.15, -0.1) is 0 Å². The average molecular weight is 697 g/mol. The van der Waals surface area contributed by atoms with Crippen LogP contribution in [0.25, 0.3) is 0 Å². The molecule has 0 rings (SSSR count). The van der Waals surface area contributed by atoms with E-state index < -0.39 is 0 Å². The molecule has 0 heterocycles. The Morgan fingerprint density at radius 1 is 0.469 bits per heavy atom. The van der Waals surface area contributed by atoms with Crippen molar-refractivity contribution in [2.75, 3.05) is 46.0 Å². The van der Waals surface area contributed by atoms with E-state index in [0.717, 1.165) is 71.2 Å². The van der Waals surface area contributed by atoms with Crippen molar-refractivity contribution in [3.05, 3.63) is 0 Å². The first-order valence-corrected chi connectivity index (χ1v) is 22.0. The zero-order valence-electron chi connectivity index (χ0n) is 33.6. The minimum absolute atomic E-state index is 0.00384. The molecule has 294 valence electrons. The third-order valence-corrected chi connectivity index (χ3v) is 9.81. The van der Waals surface area contributed by atoms with E-state index in [4.69, 9.17) is 19.9 Å². The van der Waals surface area contributed by atoms with Gasteiger partial charge in [0.05, 0.1) is 6.61 Å². The van der Waals surface area contributed by atoms with Crippen molar-refractivity contribution in [3.63, 3.8) is 0 Å². The monoisotopic (exact) mass is 697 g/mol. The van der Waals surface area contributed by atoms with Crippen molar-refractivity contribution < 1.29 is 19.0 Å². The zero-order chi connectivity index (χ0) is 35.7. The van der Waals surface area contributed by atoms with Gasteiger partial charge in [0, 0.05) is 19.6 Å². The standard InChI is InChI=1S/C43H88N2O4/c1-4-7-10-13-16-24-29-39-47-42(46)33-25-18-17-20-27-36-45(38-32-35-44)37-28-21-19-26-34-43(48-40-30-22-14-11-8-5-2)49-41-31-23-15-12-9-6-3/h43H,4-41,44H2,1-3H3. The van der Waals surface area contributed by atoms with Crippen LogP contribution < -0.4 is 5.73 Å². The van der Waals surface area contributed by atoms with Gasteiger partial charge in [-0.05, 0) is 84.0 Å². The Morgan fingerprint density at radius 2 is 0.857 bits per heavy atom. The second-order valence-corrected chi connectivity index (χ2v) is 14.8. The van der Waals surface area contributed by atoms with Gasteiger partial charge in [0.1, 0.15) is 0 Å². The van der Waals surface area contributed by atoms with Crippen LogP contribution in [-0.2, 0) is 19.0 Å². The van der Waals surface area contributed by atoms with Gasteiger partial charge < -0.3 is 24.8 Å². The van der Waals surface area contributed by atoms with Crippen molar-refractivity contribution in [2.24, 2.45) is 5.73 Å². The van der Waals surface area contributed by atoms with Gasteiger partial charge >= 0.3 is 5.97 Å². The lowest BCUT2D eigenvalue weighted by Gasteiger charge is -2.22. The summed E-state index contributed by atoms with van der Waals surface area (Å²) >= 11 is 0. The average Bonchev–Trinajstić information content (AvgIpc) is 3.11. The molecule has 49 heavy (non-hydrogen) atoms. The molecule has 2 N–H and O–H groups in total. The third-order valence-electron chi connectivity index (χ3n) is 9.81. The molecule has 6 heteroatoms.